The Morgan fingerprint density at radius 1 is 1.15 bits per heavy atom. The maximum absolute atomic E-state index is 6.28. The largest absolute Gasteiger partial charge is 0.368 e. The highest BCUT2D eigenvalue weighted by Gasteiger charge is 2.24. The van der Waals surface area contributed by atoms with Gasteiger partial charge in [0.15, 0.2) is 0 Å². The van der Waals surface area contributed by atoms with Crippen molar-refractivity contribution in [1.29, 1.82) is 0 Å². The zero-order chi connectivity index (χ0) is 14.6. The lowest BCUT2D eigenvalue weighted by Gasteiger charge is -2.40. The second kappa shape index (κ2) is 6.79. The summed E-state index contributed by atoms with van der Waals surface area (Å²) in [5.41, 5.74) is 1.49. The molecular formula is C16H26ClN3. The summed E-state index contributed by atoms with van der Waals surface area (Å²) in [5, 5.41) is 4.14. The normalized spacial score (nSPS) is 17.5. The Morgan fingerprint density at radius 2 is 1.80 bits per heavy atom. The van der Waals surface area contributed by atoms with E-state index in [0.29, 0.717) is 5.41 Å². The van der Waals surface area contributed by atoms with Gasteiger partial charge in [0.2, 0.25) is 0 Å². The van der Waals surface area contributed by atoms with Crippen LogP contribution in [0.15, 0.2) is 24.3 Å². The predicted molar refractivity (Wildman–Crippen MR) is 87.8 cm³/mol. The molecule has 0 aliphatic carbocycles. The molecule has 20 heavy (non-hydrogen) atoms. The minimum absolute atomic E-state index is 0.321. The lowest BCUT2D eigenvalue weighted by atomic mass is 9.92. The van der Waals surface area contributed by atoms with E-state index in [1.165, 1.54) is 5.69 Å². The summed E-state index contributed by atoms with van der Waals surface area (Å²) in [6.45, 7) is 11.2. The molecule has 1 aliphatic heterocycles. The third-order valence-corrected chi connectivity index (χ3v) is 4.19. The molecule has 1 heterocycles. The summed E-state index contributed by atoms with van der Waals surface area (Å²) >= 11 is 6.28. The molecule has 1 aromatic carbocycles. The smallest absolute Gasteiger partial charge is 0.0639 e. The molecule has 2 rings (SSSR count). The number of piperazine rings is 1. The van der Waals surface area contributed by atoms with Gasteiger partial charge in [0.25, 0.3) is 0 Å². The van der Waals surface area contributed by atoms with Crippen LogP contribution in [0, 0.1) is 5.41 Å². The highest BCUT2D eigenvalue weighted by Crippen LogP contribution is 2.26. The summed E-state index contributed by atoms with van der Waals surface area (Å²) in [4.78, 5) is 4.95. The van der Waals surface area contributed by atoms with Crippen LogP contribution < -0.4 is 10.2 Å². The first-order valence-electron chi connectivity index (χ1n) is 7.38. The van der Waals surface area contributed by atoms with Crippen LogP contribution in [0.4, 0.5) is 5.69 Å². The molecule has 0 bridgehead atoms. The van der Waals surface area contributed by atoms with E-state index in [4.69, 9.17) is 11.6 Å². The number of nitrogens with one attached hydrogen (secondary N) is 1. The van der Waals surface area contributed by atoms with Crippen molar-refractivity contribution in [3.05, 3.63) is 29.3 Å². The lowest BCUT2D eigenvalue weighted by Crippen LogP contribution is -2.50. The van der Waals surface area contributed by atoms with Crippen molar-refractivity contribution in [2.75, 3.05) is 51.2 Å². The SMILES string of the molecule is CNCC(C)(C)CN1CCN(c2ccccc2Cl)CC1. The lowest BCUT2D eigenvalue weighted by molar-refractivity contribution is 0.168. The van der Waals surface area contributed by atoms with Gasteiger partial charge in [-0.1, -0.05) is 37.6 Å². The monoisotopic (exact) mass is 295 g/mol. The first kappa shape index (κ1) is 15.6. The van der Waals surface area contributed by atoms with E-state index < -0.39 is 0 Å². The highest BCUT2D eigenvalue weighted by molar-refractivity contribution is 6.33. The zero-order valence-electron chi connectivity index (χ0n) is 12.8. The van der Waals surface area contributed by atoms with Crippen molar-refractivity contribution in [1.82, 2.24) is 10.2 Å². The Morgan fingerprint density at radius 3 is 2.40 bits per heavy atom. The van der Waals surface area contributed by atoms with Gasteiger partial charge in [0, 0.05) is 39.3 Å². The van der Waals surface area contributed by atoms with E-state index in [0.717, 1.165) is 44.3 Å². The number of anilines is 1. The molecular weight excluding hydrogens is 270 g/mol. The van der Waals surface area contributed by atoms with E-state index >= 15 is 0 Å². The van der Waals surface area contributed by atoms with Gasteiger partial charge in [-0.3, -0.25) is 4.90 Å². The van der Waals surface area contributed by atoms with Gasteiger partial charge < -0.3 is 10.2 Å². The Kier molecular flexibility index (Phi) is 5.30. The van der Waals surface area contributed by atoms with E-state index in [1.807, 2.05) is 19.2 Å². The number of hydrogen-bond donors (Lipinski definition) is 1. The van der Waals surface area contributed by atoms with Crippen LogP contribution in [0.3, 0.4) is 0 Å². The molecule has 0 radical (unpaired) electrons. The van der Waals surface area contributed by atoms with Gasteiger partial charge in [-0.15, -0.1) is 0 Å². The Balaban J connectivity index is 1.88. The van der Waals surface area contributed by atoms with E-state index in [-0.39, 0.29) is 0 Å². The van der Waals surface area contributed by atoms with Crippen LogP contribution in [0.2, 0.25) is 5.02 Å². The maximum Gasteiger partial charge on any atom is 0.0639 e. The number of benzene rings is 1. The molecule has 1 N–H and O–H groups in total. The molecule has 0 amide bonds. The molecule has 0 spiro atoms. The van der Waals surface area contributed by atoms with Gasteiger partial charge in [-0.05, 0) is 24.6 Å². The average Bonchev–Trinajstić information content (AvgIpc) is 2.40. The first-order valence-corrected chi connectivity index (χ1v) is 7.76. The van der Waals surface area contributed by atoms with Crippen LogP contribution in [-0.4, -0.2) is 51.2 Å². The van der Waals surface area contributed by atoms with Crippen LogP contribution in [0.1, 0.15) is 13.8 Å². The Bertz CT molecular complexity index is 425. The topological polar surface area (TPSA) is 18.5 Å². The molecule has 1 aromatic rings. The zero-order valence-corrected chi connectivity index (χ0v) is 13.6. The Hall–Kier alpha value is -0.770. The summed E-state index contributed by atoms with van der Waals surface area (Å²) in [6, 6.07) is 8.13. The minimum atomic E-state index is 0.321. The molecule has 4 heteroatoms. The van der Waals surface area contributed by atoms with Crippen molar-refractivity contribution >= 4 is 17.3 Å². The summed E-state index contributed by atoms with van der Waals surface area (Å²) in [7, 11) is 2.02. The Labute approximate surface area is 127 Å². The van der Waals surface area contributed by atoms with Gasteiger partial charge in [0.05, 0.1) is 10.7 Å². The first-order chi connectivity index (χ1) is 9.52. The van der Waals surface area contributed by atoms with Crippen LogP contribution in [0.25, 0.3) is 0 Å². The highest BCUT2D eigenvalue weighted by atomic mass is 35.5. The average molecular weight is 296 g/mol. The van der Waals surface area contributed by atoms with Crippen LogP contribution >= 0.6 is 11.6 Å². The number of nitrogens with zero attached hydrogens (tertiary/aromatic N) is 2. The molecule has 0 saturated carbocycles. The fourth-order valence-corrected chi connectivity index (χ4v) is 3.25. The molecule has 1 aliphatic rings. The molecule has 0 aromatic heterocycles. The van der Waals surface area contributed by atoms with Crippen molar-refractivity contribution in [2.24, 2.45) is 5.41 Å². The van der Waals surface area contributed by atoms with E-state index in [1.54, 1.807) is 0 Å². The predicted octanol–water partition coefficient (Wildman–Crippen LogP) is 2.71. The van der Waals surface area contributed by atoms with Crippen molar-refractivity contribution < 1.29 is 0 Å². The minimum Gasteiger partial charge on any atom is -0.368 e. The van der Waals surface area contributed by atoms with Gasteiger partial charge >= 0.3 is 0 Å². The van der Waals surface area contributed by atoms with Crippen molar-refractivity contribution in [3.63, 3.8) is 0 Å². The fraction of sp³-hybridized carbons (Fsp3) is 0.625. The maximum atomic E-state index is 6.28. The fourth-order valence-electron chi connectivity index (χ4n) is 2.99. The van der Waals surface area contributed by atoms with Gasteiger partial charge in [-0.2, -0.15) is 0 Å². The number of para-hydroxylation sites is 1. The van der Waals surface area contributed by atoms with Crippen LogP contribution in [0.5, 0.6) is 0 Å². The molecule has 112 valence electrons. The second-order valence-corrected chi connectivity index (χ2v) is 6.82. The summed E-state index contributed by atoms with van der Waals surface area (Å²) in [5.74, 6) is 0. The van der Waals surface area contributed by atoms with Crippen LogP contribution in [-0.2, 0) is 0 Å². The molecule has 1 saturated heterocycles. The van der Waals surface area contributed by atoms with E-state index in [2.05, 4.69) is 41.1 Å². The van der Waals surface area contributed by atoms with Gasteiger partial charge in [-0.25, -0.2) is 0 Å². The summed E-state index contributed by atoms with van der Waals surface area (Å²) in [6.07, 6.45) is 0. The number of rotatable bonds is 5. The van der Waals surface area contributed by atoms with Gasteiger partial charge in [0.1, 0.15) is 0 Å². The standard InChI is InChI=1S/C16H26ClN3/c1-16(2,12-18-3)13-19-8-10-20(11-9-19)15-7-5-4-6-14(15)17/h4-7,18H,8-13H2,1-3H3. The van der Waals surface area contributed by atoms with E-state index in [9.17, 15) is 0 Å². The summed E-state index contributed by atoms with van der Waals surface area (Å²) < 4.78 is 0. The molecule has 0 atom stereocenters. The number of halogens is 1. The third-order valence-electron chi connectivity index (χ3n) is 3.87. The third kappa shape index (κ3) is 4.11. The van der Waals surface area contributed by atoms with Crippen molar-refractivity contribution in [3.8, 4) is 0 Å². The van der Waals surface area contributed by atoms with Crippen molar-refractivity contribution in [2.45, 2.75) is 13.8 Å². The molecule has 1 fully saturated rings. The quantitative estimate of drug-likeness (QED) is 0.901. The second-order valence-electron chi connectivity index (χ2n) is 6.41. The molecule has 0 unspecified atom stereocenters. The molecule has 3 nitrogen and oxygen atoms in total. The number of hydrogen-bond acceptors (Lipinski definition) is 3.